The van der Waals surface area contributed by atoms with Crippen LogP contribution in [0.5, 0.6) is 0 Å². The van der Waals surface area contributed by atoms with Crippen molar-refractivity contribution in [3.05, 3.63) is 0 Å². The summed E-state index contributed by atoms with van der Waals surface area (Å²) in [5, 5.41) is 9.33. The molecule has 1 aliphatic heterocycles. The Hall–Kier alpha value is -1.63. The minimum absolute atomic E-state index is 0.0270. The van der Waals surface area contributed by atoms with Crippen molar-refractivity contribution in [2.24, 2.45) is 62.1 Å². The van der Waals surface area contributed by atoms with E-state index in [0.29, 0.717) is 29.6 Å². The van der Waals surface area contributed by atoms with Gasteiger partial charge in [0.2, 0.25) is 5.91 Å². The zero-order chi connectivity index (χ0) is 39.2. The molecule has 7 nitrogen and oxygen atoms in total. The van der Waals surface area contributed by atoms with E-state index in [1.807, 2.05) is 27.7 Å². The molecule has 7 rings (SSSR count). The Morgan fingerprint density at radius 3 is 2.00 bits per heavy atom. The van der Waals surface area contributed by atoms with Gasteiger partial charge in [-0.25, -0.2) is 0 Å². The maximum Gasteiger partial charge on any atom is 0.306 e. The van der Waals surface area contributed by atoms with Crippen molar-refractivity contribution in [2.75, 3.05) is 32.7 Å². The minimum atomic E-state index is -0.877. The fourth-order valence-electron chi connectivity index (χ4n) is 13.8. The molecule has 1 saturated heterocycles. The number of carbonyl (C=O) groups excluding carboxylic acids is 2. The predicted octanol–water partition coefficient (Wildman–Crippen LogP) is 10.3. The molecule has 1 N–H and O–H groups in total. The lowest BCUT2D eigenvalue weighted by Gasteiger charge is -2.73. The van der Waals surface area contributed by atoms with Gasteiger partial charge in [-0.3, -0.25) is 14.4 Å². The molecular formula is C46H80N2O5. The lowest BCUT2D eigenvalue weighted by molar-refractivity contribution is -0.261. The number of hydrogen-bond donors (Lipinski definition) is 1. The average molecular weight is 741 g/mol. The van der Waals surface area contributed by atoms with Crippen LogP contribution in [0, 0.1) is 62.1 Å². The highest BCUT2D eigenvalue weighted by Crippen LogP contribution is 2.77. The molecule has 7 aliphatic rings. The van der Waals surface area contributed by atoms with Crippen LogP contribution in [0.2, 0.25) is 0 Å². The van der Waals surface area contributed by atoms with Gasteiger partial charge in [-0.15, -0.1) is 0 Å². The minimum Gasteiger partial charge on any atom is -0.481 e. The van der Waals surface area contributed by atoms with E-state index in [1.54, 1.807) is 0 Å². The standard InChI is InChI=1S/C40H66N2O5.C4H8.C2H6/c1-9-41-21-23-42(24-22-41)34(46)40-16-10-11-29(40)27-12-13-30-37(6,28(27)14-18-40)19-20-39(8)36(4,5)31(15-17-38(30,39)7)47-33(45)26-35(2,3)25-32(43)44;1-4-2-3-4;1-2/h27-31H,9-26H2,1-8H3,(H,43,44);4H,2-3H2,1H3;1-2H3. The monoisotopic (exact) mass is 741 g/mol. The highest BCUT2D eigenvalue weighted by Gasteiger charge is 2.71. The summed E-state index contributed by atoms with van der Waals surface area (Å²) in [4.78, 5) is 43.7. The second-order valence-corrected chi connectivity index (χ2v) is 20.9. The number of rotatable bonds is 7. The maximum absolute atomic E-state index is 14.4. The van der Waals surface area contributed by atoms with Gasteiger partial charge in [-0.05, 0) is 122 Å². The number of piperazine rings is 1. The van der Waals surface area contributed by atoms with Gasteiger partial charge >= 0.3 is 11.9 Å². The van der Waals surface area contributed by atoms with Gasteiger partial charge in [-0.2, -0.15) is 0 Å². The van der Waals surface area contributed by atoms with Crippen LogP contribution in [0.25, 0.3) is 0 Å². The molecule has 7 heteroatoms. The number of carboxylic acids is 1. The third-order valence-corrected chi connectivity index (χ3v) is 17.5. The summed E-state index contributed by atoms with van der Waals surface area (Å²) in [6.07, 6.45) is 15.6. The molecule has 9 unspecified atom stereocenters. The predicted molar refractivity (Wildman–Crippen MR) is 214 cm³/mol. The van der Waals surface area contributed by atoms with Gasteiger partial charge in [0.15, 0.2) is 0 Å². The molecule has 53 heavy (non-hydrogen) atoms. The fraction of sp³-hybridized carbons (Fsp3) is 0.935. The number of fused-ring (bicyclic) bond motifs is 7. The van der Waals surface area contributed by atoms with Crippen molar-refractivity contribution < 1.29 is 24.2 Å². The largest absolute Gasteiger partial charge is 0.481 e. The summed E-state index contributed by atoms with van der Waals surface area (Å²) >= 11 is 0. The van der Waals surface area contributed by atoms with Crippen LogP contribution in [-0.4, -0.2) is 71.6 Å². The van der Waals surface area contributed by atoms with Gasteiger partial charge in [0, 0.05) is 31.6 Å². The number of aliphatic carboxylic acids is 1. The van der Waals surface area contributed by atoms with E-state index in [0.717, 1.165) is 70.7 Å². The van der Waals surface area contributed by atoms with Crippen LogP contribution in [-0.2, 0) is 19.1 Å². The van der Waals surface area contributed by atoms with Crippen molar-refractivity contribution in [2.45, 2.75) is 179 Å². The molecule has 1 heterocycles. The second-order valence-electron chi connectivity index (χ2n) is 20.9. The number of nitrogens with zero attached hydrogens (tertiary/aromatic N) is 2. The maximum atomic E-state index is 14.4. The van der Waals surface area contributed by atoms with Crippen LogP contribution in [0.4, 0.5) is 0 Å². The second kappa shape index (κ2) is 15.7. The Bertz CT molecular complexity index is 1320. The summed E-state index contributed by atoms with van der Waals surface area (Å²) in [5.74, 6) is 3.00. The molecule has 9 atom stereocenters. The van der Waals surface area contributed by atoms with E-state index in [-0.39, 0.29) is 52.0 Å². The molecular weight excluding hydrogens is 661 g/mol. The number of esters is 1. The number of hydrogen-bond acceptors (Lipinski definition) is 5. The van der Waals surface area contributed by atoms with Crippen LogP contribution in [0.3, 0.4) is 0 Å². The van der Waals surface area contributed by atoms with Gasteiger partial charge in [0.05, 0.1) is 18.3 Å². The van der Waals surface area contributed by atoms with Gasteiger partial charge in [-0.1, -0.05) is 95.4 Å². The van der Waals surface area contributed by atoms with Crippen molar-refractivity contribution in [3.8, 4) is 0 Å². The van der Waals surface area contributed by atoms with E-state index in [1.165, 1.54) is 51.4 Å². The number of amides is 1. The smallest absolute Gasteiger partial charge is 0.306 e. The number of carbonyl (C=O) groups is 3. The molecule has 7 fully saturated rings. The van der Waals surface area contributed by atoms with Crippen molar-refractivity contribution >= 4 is 17.8 Å². The third kappa shape index (κ3) is 7.62. The van der Waals surface area contributed by atoms with Crippen LogP contribution >= 0.6 is 0 Å². The topological polar surface area (TPSA) is 87.2 Å². The van der Waals surface area contributed by atoms with Gasteiger partial charge < -0.3 is 19.6 Å². The molecule has 0 aromatic rings. The first-order valence-electron chi connectivity index (χ1n) is 22.3. The molecule has 304 valence electrons. The van der Waals surface area contributed by atoms with Crippen LogP contribution in [0.15, 0.2) is 0 Å². The first-order chi connectivity index (χ1) is 24.8. The molecule has 0 spiro atoms. The van der Waals surface area contributed by atoms with Crippen molar-refractivity contribution in [1.29, 1.82) is 0 Å². The molecule has 0 aromatic carbocycles. The quantitative estimate of drug-likeness (QED) is 0.262. The Morgan fingerprint density at radius 1 is 0.774 bits per heavy atom. The average Bonchev–Trinajstić information content (AvgIpc) is 3.76. The normalized spacial score (nSPS) is 40.4. The van der Waals surface area contributed by atoms with E-state index in [9.17, 15) is 19.5 Å². The van der Waals surface area contributed by atoms with Crippen molar-refractivity contribution in [3.63, 3.8) is 0 Å². The zero-order valence-corrected chi connectivity index (χ0v) is 36.1. The van der Waals surface area contributed by atoms with Gasteiger partial charge in [0.25, 0.3) is 0 Å². The summed E-state index contributed by atoms with van der Waals surface area (Å²) < 4.78 is 6.30. The number of likely N-dealkylation sites (N-methyl/N-ethyl adjacent to an activating group) is 1. The Morgan fingerprint density at radius 2 is 1.42 bits per heavy atom. The Balaban J connectivity index is 0.000000833. The first kappa shape index (κ1) is 42.5. The fourth-order valence-corrected chi connectivity index (χ4v) is 13.8. The van der Waals surface area contributed by atoms with E-state index >= 15 is 0 Å². The SMILES string of the molecule is CC.CC1CC1.CCN1CCN(C(=O)C23CCCC2C2CCC4C(C)(CCC5(C)C(C)(C)C(OC(=O)CC(C)(C)CC(=O)O)CCC45C)C2CC3)CC1. The van der Waals surface area contributed by atoms with Crippen LogP contribution in [0.1, 0.15) is 172 Å². The van der Waals surface area contributed by atoms with E-state index < -0.39 is 11.4 Å². The zero-order valence-electron chi connectivity index (χ0n) is 36.1. The summed E-state index contributed by atoms with van der Waals surface area (Å²) in [5.41, 5.74) is -0.474. The highest BCUT2D eigenvalue weighted by atomic mass is 16.5. The molecule has 0 bridgehead atoms. The molecule has 1 amide bonds. The van der Waals surface area contributed by atoms with E-state index in [4.69, 9.17) is 4.74 Å². The Kier molecular flexibility index (Phi) is 12.6. The third-order valence-electron chi connectivity index (χ3n) is 17.5. The summed E-state index contributed by atoms with van der Waals surface area (Å²) in [6, 6.07) is 0. The first-order valence-corrected chi connectivity index (χ1v) is 22.3. The molecule has 0 radical (unpaired) electrons. The number of ether oxygens (including phenoxy) is 1. The number of carboxylic acid groups (broad SMARTS) is 1. The van der Waals surface area contributed by atoms with Gasteiger partial charge in [0.1, 0.15) is 6.10 Å². The summed E-state index contributed by atoms with van der Waals surface area (Å²) in [6.45, 7) is 29.5. The molecule has 0 aromatic heterocycles. The highest BCUT2D eigenvalue weighted by molar-refractivity contribution is 5.84. The van der Waals surface area contributed by atoms with E-state index in [2.05, 4.69) is 58.3 Å². The summed E-state index contributed by atoms with van der Waals surface area (Å²) in [7, 11) is 0. The molecule has 6 saturated carbocycles. The van der Waals surface area contributed by atoms with Crippen molar-refractivity contribution in [1.82, 2.24) is 9.80 Å². The lowest BCUT2D eigenvalue weighted by Crippen LogP contribution is -2.68. The van der Waals surface area contributed by atoms with Crippen LogP contribution < -0.4 is 0 Å². The molecule has 6 aliphatic carbocycles. The lowest BCUT2D eigenvalue weighted by atomic mass is 9.32. The Labute approximate surface area is 324 Å².